The van der Waals surface area contributed by atoms with Crippen LogP contribution in [0, 0.1) is 5.41 Å². The van der Waals surface area contributed by atoms with Crippen LogP contribution in [0.25, 0.3) is 0 Å². The number of benzene rings is 1. The maximum absolute atomic E-state index is 11.8. The summed E-state index contributed by atoms with van der Waals surface area (Å²) >= 11 is 0. The van der Waals surface area contributed by atoms with Crippen molar-refractivity contribution in [1.82, 2.24) is 5.32 Å². The number of amides is 2. The number of hydrogen-bond acceptors (Lipinski definition) is 5. The monoisotopic (exact) mass is 303 g/mol. The topological polar surface area (TPSA) is 161 Å². The third-order valence-corrected chi connectivity index (χ3v) is 2.76. The Hall–Kier alpha value is -3.36. The zero-order valence-corrected chi connectivity index (χ0v) is 11.3. The Kier molecular flexibility index (Phi) is 4.07. The minimum Gasteiger partial charge on any atom is -0.510 e. The lowest BCUT2D eigenvalue weighted by Crippen LogP contribution is -2.35. The third-order valence-electron chi connectivity index (χ3n) is 2.76. The first-order valence-electron chi connectivity index (χ1n) is 6.12. The number of aromatic carboxylic acids is 1. The van der Waals surface area contributed by atoms with Crippen molar-refractivity contribution in [2.45, 2.75) is 6.42 Å². The van der Waals surface area contributed by atoms with Crippen molar-refractivity contribution in [3.63, 3.8) is 0 Å². The van der Waals surface area contributed by atoms with Crippen molar-refractivity contribution in [2.24, 2.45) is 10.7 Å². The van der Waals surface area contributed by atoms with Crippen LogP contribution in [-0.4, -0.2) is 33.9 Å². The van der Waals surface area contributed by atoms with Gasteiger partial charge in [-0.05, 0) is 24.3 Å². The molecule has 1 aliphatic heterocycles. The maximum atomic E-state index is 11.8. The molecule has 0 atom stereocenters. The highest BCUT2D eigenvalue weighted by Crippen LogP contribution is 2.13. The number of rotatable bonds is 3. The molecule has 7 N–H and O–H groups in total. The molecule has 0 radical (unpaired) electrons. The number of carbonyl (C=O) groups excluding carboxylic acids is 1. The SMILES string of the molecule is N=C1N=C(N)CC(O)=C1NC(=O)Nc1ccc(C(=O)O)cc1. The Labute approximate surface area is 124 Å². The van der Waals surface area contributed by atoms with Gasteiger partial charge in [0.05, 0.1) is 12.0 Å². The van der Waals surface area contributed by atoms with Gasteiger partial charge in [0, 0.05) is 5.69 Å². The van der Waals surface area contributed by atoms with E-state index in [2.05, 4.69) is 15.6 Å². The Bertz CT molecular complexity index is 706. The molecule has 1 aromatic rings. The van der Waals surface area contributed by atoms with Crippen LogP contribution >= 0.6 is 0 Å². The molecule has 0 bridgehead atoms. The summed E-state index contributed by atoms with van der Waals surface area (Å²) in [5, 5.41) is 30.8. The average molecular weight is 303 g/mol. The molecule has 1 aromatic carbocycles. The molecular formula is C13H13N5O4. The number of nitrogens with one attached hydrogen (secondary N) is 3. The lowest BCUT2D eigenvalue weighted by Gasteiger charge is -2.16. The predicted molar refractivity (Wildman–Crippen MR) is 79.2 cm³/mol. The Morgan fingerprint density at radius 1 is 1.23 bits per heavy atom. The van der Waals surface area contributed by atoms with E-state index in [4.69, 9.17) is 16.2 Å². The van der Waals surface area contributed by atoms with Crippen LogP contribution in [0.3, 0.4) is 0 Å². The summed E-state index contributed by atoms with van der Waals surface area (Å²) in [6.07, 6.45) is -0.0503. The van der Waals surface area contributed by atoms with Gasteiger partial charge in [0.1, 0.15) is 17.3 Å². The first kappa shape index (κ1) is 15.0. The Morgan fingerprint density at radius 2 is 1.86 bits per heavy atom. The molecule has 0 saturated heterocycles. The molecule has 2 rings (SSSR count). The number of amidine groups is 2. The van der Waals surface area contributed by atoms with Crippen LogP contribution in [0.5, 0.6) is 0 Å². The number of hydrogen-bond donors (Lipinski definition) is 6. The van der Waals surface area contributed by atoms with E-state index in [0.29, 0.717) is 5.69 Å². The number of urea groups is 1. The minimum absolute atomic E-state index is 0.0503. The van der Waals surface area contributed by atoms with E-state index in [-0.39, 0.29) is 35.1 Å². The molecule has 22 heavy (non-hydrogen) atoms. The van der Waals surface area contributed by atoms with Gasteiger partial charge < -0.3 is 26.6 Å². The number of carboxylic acids is 1. The van der Waals surface area contributed by atoms with E-state index in [1.807, 2.05) is 0 Å². The molecule has 0 fully saturated rings. The van der Waals surface area contributed by atoms with Crippen molar-refractivity contribution in [3.8, 4) is 0 Å². The average Bonchev–Trinajstić information content (AvgIpc) is 2.43. The highest BCUT2D eigenvalue weighted by atomic mass is 16.4. The fourth-order valence-electron chi connectivity index (χ4n) is 1.74. The van der Waals surface area contributed by atoms with Crippen molar-refractivity contribution < 1.29 is 19.8 Å². The van der Waals surface area contributed by atoms with Crippen LogP contribution < -0.4 is 16.4 Å². The predicted octanol–water partition coefficient (Wildman–Crippen LogP) is 1.01. The number of carbonyl (C=O) groups is 2. The highest BCUT2D eigenvalue weighted by molar-refractivity contribution is 6.10. The number of aliphatic imine (C=N–C) groups is 1. The number of nitrogens with zero attached hydrogens (tertiary/aromatic N) is 1. The first-order valence-corrected chi connectivity index (χ1v) is 6.12. The Morgan fingerprint density at radius 3 is 2.41 bits per heavy atom. The molecule has 0 spiro atoms. The van der Waals surface area contributed by atoms with Gasteiger partial charge in [0.15, 0.2) is 5.84 Å². The lowest BCUT2D eigenvalue weighted by molar-refractivity contribution is 0.0697. The molecule has 2 amide bonds. The van der Waals surface area contributed by atoms with E-state index in [9.17, 15) is 14.7 Å². The van der Waals surface area contributed by atoms with E-state index < -0.39 is 12.0 Å². The molecule has 114 valence electrons. The number of carboxylic acid groups (broad SMARTS) is 1. The summed E-state index contributed by atoms with van der Waals surface area (Å²) < 4.78 is 0. The van der Waals surface area contributed by atoms with Gasteiger partial charge in [-0.25, -0.2) is 14.6 Å². The molecule has 0 saturated carbocycles. The van der Waals surface area contributed by atoms with E-state index >= 15 is 0 Å². The van der Waals surface area contributed by atoms with Crippen LogP contribution in [-0.2, 0) is 0 Å². The second-order valence-corrected chi connectivity index (χ2v) is 4.41. The third kappa shape index (κ3) is 3.39. The summed E-state index contributed by atoms with van der Waals surface area (Å²) in [6.45, 7) is 0. The molecular weight excluding hydrogens is 290 g/mol. The molecule has 9 nitrogen and oxygen atoms in total. The van der Waals surface area contributed by atoms with Gasteiger partial charge >= 0.3 is 12.0 Å². The lowest BCUT2D eigenvalue weighted by atomic mass is 10.2. The van der Waals surface area contributed by atoms with E-state index in [0.717, 1.165) is 0 Å². The van der Waals surface area contributed by atoms with Crippen LogP contribution in [0.4, 0.5) is 10.5 Å². The van der Waals surface area contributed by atoms with E-state index in [1.165, 1.54) is 24.3 Å². The fraction of sp³-hybridized carbons (Fsp3) is 0.0769. The van der Waals surface area contributed by atoms with Crippen molar-refractivity contribution in [1.29, 1.82) is 5.41 Å². The van der Waals surface area contributed by atoms with Crippen molar-refractivity contribution in [2.75, 3.05) is 5.32 Å². The largest absolute Gasteiger partial charge is 0.510 e. The fourth-order valence-corrected chi connectivity index (χ4v) is 1.74. The molecule has 0 unspecified atom stereocenters. The van der Waals surface area contributed by atoms with Gasteiger partial charge in [0.25, 0.3) is 0 Å². The van der Waals surface area contributed by atoms with Gasteiger partial charge in [-0.3, -0.25) is 5.41 Å². The first-order chi connectivity index (χ1) is 10.4. The zero-order valence-electron chi connectivity index (χ0n) is 11.3. The number of aliphatic hydroxyl groups excluding tert-OH is 1. The maximum Gasteiger partial charge on any atom is 0.335 e. The zero-order chi connectivity index (χ0) is 16.3. The summed E-state index contributed by atoms with van der Waals surface area (Å²) in [7, 11) is 0. The minimum atomic E-state index is -1.07. The number of nitrogens with two attached hydrogens (primary N) is 1. The number of dihydropyridines is 1. The van der Waals surface area contributed by atoms with Crippen LogP contribution in [0.1, 0.15) is 16.8 Å². The summed E-state index contributed by atoms with van der Waals surface area (Å²) in [4.78, 5) is 26.2. The molecule has 0 aliphatic carbocycles. The normalized spacial score (nSPS) is 14.4. The molecule has 1 heterocycles. The molecule has 1 aliphatic rings. The quantitative estimate of drug-likeness (QED) is 0.490. The van der Waals surface area contributed by atoms with Gasteiger partial charge in [-0.2, -0.15) is 0 Å². The van der Waals surface area contributed by atoms with Crippen LogP contribution in [0.15, 0.2) is 40.7 Å². The van der Waals surface area contributed by atoms with Gasteiger partial charge in [-0.1, -0.05) is 0 Å². The smallest absolute Gasteiger partial charge is 0.335 e. The molecule has 9 heteroatoms. The molecule has 0 aromatic heterocycles. The Balaban J connectivity index is 2.03. The van der Waals surface area contributed by atoms with Gasteiger partial charge in [-0.15, -0.1) is 0 Å². The van der Waals surface area contributed by atoms with Gasteiger partial charge in [0.2, 0.25) is 0 Å². The highest BCUT2D eigenvalue weighted by Gasteiger charge is 2.20. The second kappa shape index (κ2) is 5.95. The summed E-state index contributed by atoms with van der Waals surface area (Å²) in [5.41, 5.74) is 5.72. The standard InChI is InChI=1S/C13H13N5O4/c14-9-5-8(19)10(11(15)17-9)18-13(22)16-7-3-1-6(2-4-7)12(20)21/h1-4,19H,5H2,(H,20,21)(H3,14,15,17)(H2,16,18,22). The van der Waals surface area contributed by atoms with Crippen molar-refractivity contribution >= 4 is 29.4 Å². The second-order valence-electron chi connectivity index (χ2n) is 4.41. The van der Waals surface area contributed by atoms with Crippen LogP contribution in [0.2, 0.25) is 0 Å². The number of anilines is 1. The number of aliphatic hydroxyl groups is 1. The van der Waals surface area contributed by atoms with E-state index in [1.54, 1.807) is 0 Å². The summed E-state index contributed by atoms with van der Waals surface area (Å²) in [6, 6.07) is 4.80. The van der Waals surface area contributed by atoms with Crippen molar-refractivity contribution in [3.05, 3.63) is 41.3 Å². The summed E-state index contributed by atoms with van der Waals surface area (Å²) in [5.74, 6) is -1.60.